The number of hydrogen-bond donors (Lipinski definition) is 1. The standard InChI is InChI=1S/C28H26N6O3/c1-18(2)28(35)37-21-8-6-7-19(15-21)17-34-23-10-5-4-9-22(23)25(33-34)27-30-16-24(36-3)26(32-27)31-20-11-13-29-14-12-20/h4-16,18H,17H2,1-3H3,(H,29,30,31,32). The molecule has 5 rings (SSSR count). The van der Waals surface area contributed by atoms with Gasteiger partial charge in [-0.25, -0.2) is 9.97 Å². The Balaban J connectivity index is 1.50. The molecule has 9 heteroatoms. The van der Waals surface area contributed by atoms with Crippen molar-refractivity contribution >= 4 is 28.4 Å². The molecule has 0 aliphatic rings. The Labute approximate surface area is 214 Å². The van der Waals surface area contributed by atoms with Crippen molar-refractivity contribution in [3.8, 4) is 23.0 Å². The number of pyridine rings is 1. The molecule has 37 heavy (non-hydrogen) atoms. The highest BCUT2D eigenvalue weighted by Gasteiger charge is 2.18. The predicted molar refractivity (Wildman–Crippen MR) is 141 cm³/mol. The zero-order valence-corrected chi connectivity index (χ0v) is 20.8. The maximum atomic E-state index is 12.0. The Morgan fingerprint density at radius 3 is 2.65 bits per heavy atom. The van der Waals surface area contributed by atoms with Crippen LogP contribution in [0.1, 0.15) is 19.4 Å². The lowest BCUT2D eigenvalue weighted by Crippen LogP contribution is -2.14. The summed E-state index contributed by atoms with van der Waals surface area (Å²) in [6.45, 7) is 4.09. The van der Waals surface area contributed by atoms with Crippen LogP contribution in [0, 0.1) is 5.92 Å². The minimum absolute atomic E-state index is 0.205. The number of para-hydroxylation sites is 1. The van der Waals surface area contributed by atoms with E-state index >= 15 is 0 Å². The molecule has 0 atom stereocenters. The van der Waals surface area contributed by atoms with Crippen LogP contribution in [-0.2, 0) is 11.3 Å². The summed E-state index contributed by atoms with van der Waals surface area (Å²) in [6, 6.07) is 19.1. The number of anilines is 2. The second-order valence-corrected chi connectivity index (χ2v) is 8.72. The number of methoxy groups -OCH3 is 1. The van der Waals surface area contributed by atoms with Crippen LogP contribution in [0.4, 0.5) is 11.5 Å². The molecule has 2 aromatic carbocycles. The van der Waals surface area contributed by atoms with Crippen molar-refractivity contribution in [1.29, 1.82) is 0 Å². The summed E-state index contributed by atoms with van der Waals surface area (Å²) in [4.78, 5) is 25.4. The molecule has 3 heterocycles. The first kappa shape index (κ1) is 23.9. The summed E-state index contributed by atoms with van der Waals surface area (Å²) in [5, 5.41) is 9.07. The molecule has 0 saturated heterocycles. The van der Waals surface area contributed by atoms with Gasteiger partial charge in [-0.3, -0.25) is 14.5 Å². The molecule has 1 N–H and O–H groups in total. The molecule has 3 aromatic heterocycles. The number of carbonyl (C=O) groups is 1. The number of aromatic nitrogens is 5. The van der Waals surface area contributed by atoms with Gasteiger partial charge in [-0.1, -0.05) is 44.2 Å². The van der Waals surface area contributed by atoms with Gasteiger partial charge >= 0.3 is 5.97 Å². The summed E-state index contributed by atoms with van der Waals surface area (Å²) >= 11 is 0. The average molecular weight is 495 g/mol. The summed E-state index contributed by atoms with van der Waals surface area (Å²) in [6.07, 6.45) is 5.03. The van der Waals surface area contributed by atoms with Gasteiger partial charge in [0, 0.05) is 23.5 Å². The molecule has 0 aliphatic heterocycles. The van der Waals surface area contributed by atoms with Gasteiger partial charge in [0.15, 0.2) is 17.4 Å². The Kier molecular flexibility index (Phi) is 6.76. The molecule has 0 amide bonds. The van der Waals surface area contributed by atoms with Gasteiger partial charge < -0.3 is 14.8 Å². The van der Waals surface area contributed by atoms with E-state index in [2.05, 4.69) is 15.3 Å². The van der Waals surface area contributed by atoms with Crippen LogP contribution in [0.2, 0.25) is 0 Å². The van der Waals surface area contributed by atoms with Crippen LogP contribution in [0.15, 0.2) is 79.3 Å². The molecule has 0 unspecified atom stereocenters. The number of carbonyl (C=O) groups excluding carboxylic acids is 1. The zero-order valence-electron chi connectivity index (χ0n) is 20.8. The lowest BCUT2D eigenvalue weighted by Gasteiger charge is -2.10. The Hall–Kier alpha value is -4.79. The molecule has 5 aromatic rings. The van der Waals surface area contributed by atoms with Gasteiger partial charge in [-0.05, 0) is 35.9 Å². The van der Waals surface area contributed by atoms with Crippen molar-refractivity contribution in [1.82, 2.24) is 24.7 Å². The fourth-order valence-corrected chi connectivity index (χ4v) is 3.82. The van der Waals surface area contributed by atoms with Gasteiger partial charge in [0.2, 0.25) is 0 Å². The van der Waals surface area contributed by atoms with Crippen LogP contribution in [0.5, 0.6) is 11.5 Å². The highest BCUT2D eigenvalue weighted by Crippen LogP contribution is 2.31. The number of esters is 1. The van der Waals surface area contributed by atoms with E-state index < -0.39 is 0 Å². The largest absolute Gasteiger partial charge is 0.491 e. The van der Waals surface area contributed by atoms with Crippen LogP contribution in [0.25, 0.3) is 22.4 Å². The maximum absolute atomic E-state index is 12.0. The van der Waals surface area contributed by atoms with Crippen LogP contribution >= 0.6 is 0 Å². The fourth-order valence-electron chi connectivity index (χ4n) is 3.82. The zero-order chi connectivity index (χ0) is 25.8. The Bertz CT molecular complexity index is 1550. The van der Waals surface area contributed by atoms with E-state index in [9.17, 15) is 4.79 Å². The fraction of sp³-hybridized carbons (Fsp3) is 0.179. The molecule has 9 nitrogen and oxygen atoms in total. The normalized spacial score (nSPS) is 11.0. The smallest absolute Gasteiger partial charge is 0.313 e. The monoisotopic (exact) mass is 494 g/mol. The second-order valence-electron chi connectivity index (χ2n) is 8.72. The van der Waals surface area contributed by atoms with E-state index in [1.165, 1.54) is 0 Å². The predicted octanol–water partition coefficient (Wildman–Crippen LogP) is 5.25. The quantitative estimate of drug-likeness (QED) is 0.230. The summed E-state index contributed by atoms with van der Waals surface area (Å²) in [5.74, 6) is 1.54. The number of nitrogens with zero attached hydrogens (tertiary/aromatic N) is 5. The first-order valence-electron chi connectivity index (χ1n) is 11.9. The third-order valence-corrected chi connectivity index (χ3v) is 5.71. The van der Waals surface area contributed by atoms with Crippen molar-refractivity contribution in [2.75, 3.05) is 12.4 Å². The topological polar surface area (TPSA) is 104 Å². The molecule has 0 saturated carbocycles. The van der Waals surface area contributed by atoms with Gasteiger partial charge in [-0.2, -0.15) is 5.10 Å². The average Bonchev–Trinajstić information content (AvgIpc) is 3.27. The van der Waals surface area contributed by atoms with Crippen molar-refractivity contribution in [2.24, 2.45) is 5.92 Å². The highest BCUT2D eigenvalue weighted by molar-refractivity contribution is 5.92. The van der Waals surface area contributed by atoms with E-state index in [0.29, 0.717) is 35.4 Å². The minimum Gasteiger partial charge on any atom is -0.491 e. The maximum Gasteiger partial charge on any atom is 0.313 e. The molecule has 0 aliphatic carbocycles. The number of fused-ring (bicyclic) bond motifs is 1. The minimum atomic E-state index is -0.267. The van der Waals surface area contributed by atoms with E-state index in [1.54, 1.807) is 31.8 Å². The molecule has 186 valence electrons. The van der Waals surface area contributed by atoms with Gasteiger partial charge in [0.05, 0.1) is 31.3 Å². The third kappa shape index (κ3) is 5.25. The summed E-state index contributed by atoms with van der Waals surface area (Å²) in [7, 11) is 1.58. The SMILES string of the molecule is COc1cnc(-c2nn(Cc3cccc(OC(=O)C(C)C)c3)c3ccccc23)nc1Nc1ccncc1. The van der Waals surface area contributed by atoms with Crippen LogP contribution in [-0.4, -0.2) is 37.8 Å². The number of nitrogens with one attached hydrogen (secondary N) is 1. The number of benzene rings is 2. The van der Waals surface area contributed by atoms with E-state index in [-0.39, 0.29) is 11.9 Å². The van der Waals surface area contributed by atoms with Gasteiger partial charge in [0.1, 0.15) is 11.4 Å². The number of rotatable bonds is 8. The van der Waals surface area contributed by atoms with Crippen molar-refractivity contribution in [2.45, 2.75) is 20.4 Å². The first-order valence-corrected chi connectivity index (χ1v) is 11.9. The molecular formula is C28H26N6O3. The van der Waals surface area contributed by atoms with Crippen LogP contribution in [0.3, 0.4) is 0 Å². The van der Waals surface area contributed by atoms with Crippen molar-refractivity contribution in [3.63, 3.8) is 0 Å². The van der Waals surface area contributed by atoms with E-state index in [4.69, 9.17) is 19.6 Å². The Morgan fingerprint density at radius 2 is 1.86 bits per heavy atom. The number of hydrogen-bond acceptors (Lipinski definition) is 8. The molecule has 0 bridgehead atoms. The Morgan fingerprint density at radius 1 is 1.05 bits per heavy atom. The molecule has 0 spiro atoms. The molecular weight excluding hydrogens is 468 g/mol. The number of ether oxygens (including phenoxy) is 2. The van der Waals surface area contributed by atoms with Crippen molar-refractivity contribution < 1.29 is 14.3 Å². The first-order chi connectivity index (χ1) is 18.0. The van der Waals surface area contributed by atoms with E-state index in [0.717, 1.165) is 22.2 Å². The lowest BCUT2D eigenvalue weighted by atomic mass is 10.2. The molecule has 0 radical (unpaired) electrons. The summed E-state index contributed by atoms with van der Waals surface area (Å²) in [5.41, 5.74) is 3.36. The van der Waals surface area contributed by atoms with Gasteiger partial charge in [-0.15, -0.1) is 0 Å². The summed E-state index contributed by atoms with van der Waals surface area (Å²) < 4.78 is 12.9. The highest BCUT2D eigenvalue weighted by atomic mass is 16.5. The third-order valence-electron chi connectivity index (χ3n) is 5.71. The lowest BCUT2D eigenvalue weighted by molar-refractivity contribution is -0.137. The second kappa shape index (κ2) is 10.4. The van der Waals surface area contributed by atoms with Crippen molar-refractivity contribution in [3.05, 3.63) is 84.8 Å². The van der Waals surface area contributed by atoms with Crippen LogP contribution < -0.4 is 14.8 Å². The molecule has 0 fully saturated rings. The van der Waals surface area contributed by atoms with E-state index in [1.807, 2.05) is 73.1 Å². The van der Waals surface area contributed by atoms with Gasteiger partial charge in [0.25, 0.3) is 0 Å².